The zero-order valence-corrected chi connectivity index (χ0v) is 10.3. The maximum Gasteiger partial charge on any atom is 0.508 e. The third-order valence-corrected chi connectivity index (χ3v) is 3.64. The predicted octanol–water partition coefficient (Wildman–Crippen LogP) is 2.08. The molecule has 0 bridgehead atoms. The quantitative estimate of drug-likeness (QED) is 0.783. The van der Waals surface area contributed by atoms with Gasteiger partial charge in [-0.1, -0.05) is 6.42 Å². The minimum absolute atomic E-state index is 0.213. The summed E-state index contributed by atoms with van der Waals surface area (Å²) in [6.07, 6.45) is 2.83. The highest BCUT2D eigenvalue weighted by Crippen LogP contribution is 2.26. The minimum atomic E-state index is -0.916. The highest BCUT2D eigenvalue weighted by atomic mass is 16.7. The van der Waals surface area contributed by atoms with Gasteiger partial charge in [-0.2, -0.15) is 0 Å². The van der Waals surface area contributed by atoms with Crippen molar-refractivity contribution in [1.82, 2.24) is 4.90 Å². The Balaban J connectivity index is 1.61. The van der Waals surface area contributed by atoms with E-state index in [0.717, 1.165) is 12.8 Å². The molecule has 0 unspecified atom stereocenters. The molecule has 6 nitrogen and oxygen atoms in total. The summed E-state index contributed by atoms with van der Waals surface area (Å²) in [4.78, 5) is 23.4. The molecule has 2 rings (SSSR count). The van der Waals surface area contributed by atoms with E-state index in [0.29, 0.717) is 38.5 Å². The smallest absolute Gasteiger partial charge is 0.465 e. The second-order valence-corrected chi connectivity index (χ2v) is 4.94. The van der Waals surface area contributed by atoms with Gasteiger partial charge in [0.2, 0.25) is 0 Å². The molecule has 1 N–H and O–H groups in total. The molecular weight excluding hydrogens is 238 g/mol. The summed E-state index contributed by atoms with van der Waals surface area (Å²) in [7, 11) is 0. The molecule has 0 atom stereocenters. The van der Waals surface area contributed by atoms with Gasteiger partial charge in [-0.25, -0.2) is 9.59 Å². The molecule has 0 spiro atoms. The average Bonchev–Trinajstić information content (AvgIpc) is 2.27. The van der Waals surface area contributed by atoms with E-state index in [1.54, 1.807) is 0 Å². The molecule has 2 aliphatic rings. The van der Waals surface area contributed by atoms with Crippen LogP contribution in [-0.2, 0) is 9.47 Å². The summed E-state index contributed by atoms with van der Waals surface area (Å²) >= 11 is 0. The van der Waals surface area contributed by atoms with Crippen LogP contribution in [0, 0.1) is 5.92 Å². The van der Waals surface area contributed by atoms with E-state index in [9.17, 15) is 9.59 Å². The number of likely N-dealkylation sites (tertiary alicyclic amines) is 1. The van der Waals surface area contributed by atoms with Crippen molar-refractivity contribution in [2.75, 3.05) is 19.7 Å². The molecule has 1 saturated heterocycles. The van der Waals surface area contributed by atoms with Crippen LogP contribution in [0.15, 0.2) is 0 Å². The molecule has 6 heteroatoms. The van der Waals surface area contributed by atoms with Gasteiger partial charge in [-0.3, -0.25) is 0 Å². The number of carboxylic acid groups (broad SMARTS) is 1. The fourth-order valence-corrected chi connectivity index (χ4v) is 2.18. The molecule has 1 aliphatic carbocycles. The van der Waals surface area contributed by atoms with Crippen molar-refractivity contribution in [1.29, 1.82) is 0 Å². The lowest BCUT2D eigenvalue weighted by Crippen LogP contribution is -2.40. The maximum atomic E-state index is 11.4. The zero-order valence-electron chi connectivity index (χ0n) is 10.3. The van der Waals surface area contributed by atoms with Crippen LogP contribution < -0.4 is 0 Å². The molecule has 1 aliphatic heterocycles. The Bertz CT molecular complexity index is 308. The first kappa shape index (κ1) is 13.0. The van der Waals surface area contributed by atoms with Gasteiger partial charge in [-0.15, -0.1) is 0 Å². The van der Waals surface area contributed by atoms with Crippen molar-refractivity contribution in [2.24, 2.45) is 5.92 Å². The lowest BCUT2D eigenvalue weighted by Gasteiger charge is -2.29. The Morgan fingerprint density at radius 2 is 1.83 bits per heavy atom. The maximum absolute atomic E-state index is 11.4. The van der Waals surface area contributed by atoms with Gasteiger partial charge in [-0.05, 0) is 18.8 Å². The predicted molar refractivity (Wildman–Crippen MR) is 62.4 cm³/mol. The molecule has 0 aromatic heterocycles. The lowest BCUT2D eigenvalue weighted by molar-refractivity contribution is -0.00898. The number of piperidine rings is 1. The van der Waals surface area contributed by atoms with Crippen LogP contribution in [0.5, 0.6) is 0 Å². The first-order chi connectivity index (χ1) is 8.65. The molecule has 0 aromatic carbocycles. The topological polar surface area (TPSA) is 76.1 Å². The molecule has 18 heavy (non-hydrogen) atoms. The Morgan fingerprint density at radius 1 is 1.17 bits per heavy atom. The molecular formula is C12H19NO5. The lowest BCUT2D eigenvalue weighted by atomic mass is 9.86. The monoisotopic (exact) mass is 257 g/mol. The number of hydrogen-bond acceptors (Lipinski definition) is 4. The fraction of sp³-hybridized carbons (Fsp3) is 0.833. The number of carbonyl (C=O) groups excluding carboxylic acids is 1. The second-order valence-electron chi connectivity index (χ2n) is 4.94. The first-order valence-electron chi connectivity index (χ1n) is 6.46. The third-order valence-electron chi connectivity index (χ3n) is 3.64. The number of carbonyl (C=O) groups is 2. The van der Waals surface area contributed by atoms with Gasteiger partial charge < -0.3 is 19.5 Å². The third kappa shape index (κ3) is 3.51. The standard InChI is InChI=1S/C12H19NO5/c14-11(15)13-6-4-10(5-7-13)18-12(16)17-8-9-2-1-3-9/h9-10H,1-8H2,(H,14,15). The molecule has 1 heterocycles. The Labute approximate surface area is 106 Å². The van der Waals surface area contributed by atoms with Crippen molar-refractivity contribution in [3.63, 3.8) is 0 Å². The van der Waals surface area contributed by atoms with Gasteiger partial charge in [0.15, 0.2) is 0 Å². The van der Waals surface area contributed by atoms with Crippen LogP contribution in [-0.4, -0.2) is 48.1 Å². The second kappa shape index (κ2) is 5.93. The zero-order chi connectivity index (χ0) is 13.0. The van der Waals surface area contributed by atoms with Gasteiger partial charge >= 0.3 is 12.2 Å². The van der Waals surface area contributed by atoms with Crippen LogP contribution in [0.2, 0.25) is 0 Å². The molecule has 1 amide bonds. The minimum Gasteiger partial charge on any atom is -0.465 e. The molecule has 0 aromatic rings. The highest BCUT2D eigenvalue weighted by molar-refractivity contribution is 5.65. The van der Waals surface area contributed by atoms with E-state index in [4.69, 9.17) is 14.6 Å². The molecule has 102 valence electrons. The van der Waals surface area contributed by atoms with E-state index in [1.807, 2.05) is 0 Å². The summed E-state index contributed by atoms with van der Waals surface area (Å²) in [6.45, 7) is 1.28. The van der Waals surface area contributed by atoms with E-state index in [2.05, 4.69) is 0 Å². The largest absolute Gasteiger partial charge is 0.508 e. The van der Waals surface area contributed by atoms with Crippen molar-refractivity contribution < 1.29 is 24.2 Å². The van der Waals surface area contributed by atoms with Crippen molar-refractivity contribution >= 4 is 12.2 Å². The summed E-state index contributed by atoms with van der Waals surface area (Å²) in [5.41, 5.74) is 0. The van der Waals surface area contributed by atoms with E-state index in [-0.39, 0.29) is 6.10 Å². The fourth-order valence-electron chi connectivity index (χ4n) is 2.18. The number of nitrogens with zero attached hydrogens (tertiary/aromatic N) is 1. The highest BCUT2D eigenvalue weighted by Gasteiger charge is 2.26. The summed E-state index contributed by atoms with van der Waals surface area (Å²) in [6, 6.07) is 0. The van der Waals surface area contributed by atoms with Gasteiger partial charge in [0.05, 0.1) is 6.61 Å². The van der Waals surface area contributed by atoms with Crippen molar-refractivity contribution in [3.8, 4) is 0 Å². The van der Waals surface area contributed by atoms with E-state index < -0.39 is 12.2 Å². The number of amides is 1. The summed E-state index contributed by atoms with van der Waals surface area (Å²) in [5, 5.41) is 8.78. The van der Waals surface area contributed by atoms with E-state index in [1.165, 1.54) is 11.3 Å². The van der Waals surface area contributed by atoms with Gasteiger partial charge in [0.25, 0.3) is 0 Å². The Hall–Kier alpha value is -1.46. The summed E-state index contributed by atoms with van der Waals surface area (Å²) in [5.74, 6) is 0.506. The van der Waals surface area contributed by atoms with Crippen LogP contribution in [0.3, 0.4) is 0 Å². The Kier molecular flexibility index (Phi) is 4.28. The molecule has 2 fully saturated rings. The van der Waals surface area contributed by atoms with E-state index >= 15 is 0 Å². The number of hydrogen-bond donors (Lipinski definition) is 1. The van der Waals surface area contributed by atoms with Crippen LogP contribution in [0.1, 0.15) is 32.1 Å². The van der Waals surface area contributed by atoms with Crippen molar-refractivity contribution in [2.45, 2.75) is 38.2 Å². The van der Waals surface area contributed by atoms with Crippen LogP contribution >= 0.6 is 0 Å². The van der Waals surface area contributed by atoms with Crippen LogP contribution in [0.25, 0.3) is 0 Å². The average molecular weight is 257 g/mol. The molecule has 1 saturated carbocycles. The SMILES string of the molecule is O=C(OCC1CCC1)OC1CCN(C(=O)O)CC1. The summed E-state index contributed by atoms with van der Waals surface area (Å²) < 4.78 is 10.2. The Morgan fingerprint density at radius 3 is 2.33 bits per heavy atom. The number of ether oxygens (including phenoxy) is 2. The number of rotatable bonds is 3. The van der Waals surface area contributed by atoms with Crippen molar-refractivity contribution in [3.05, 3.63) is 0 Å². The normalized spacial score (nSPS) is 21.2. The van der Waals surface area contributed by atoms with Crippen LogP contribution in [0.4, 0.5) is 9.59 Å². The first-order valence-corrected chi connectivity index (χ1v) is 6.46. The molecule has 0 radical (unpaired) electrons. The van der Waals surface area contributed by atoms with Gasteiger partial charge in [0.1, 0.15) is 6.10 Å². The van der Waals surface area contributed by atoms with Gasteiger partial charge in [0, 0.05) is 25.9 Å².